The molecule has 16 heavy (non-hydrogen) atoms. The van der Waals surface area contributed by atoms with Crippen LogP contribution in [0.15, 0.2) is 18.2 Å². The van der Waals surface area contributed by atoms with Crippen LogP contribution in [0, 0.1) is 5.82 Å². The summed E-state index contributed by atoms with van der Waals surface area (Å²) >= 11 is 5.88. The van der Waals surface area contributed by atoms with Gasteiger partial charge in [0.25, 0.3) is 0 Å². The molecule has 0 radical (unpaired) electrons. The average molecular weight is 243 g/mol. The number of carbonyl (C=O) groups is 1. The van der Waals surface area contributed by atoms with E-state index in [0.717, 1.165) is 12.8 Å². The van der Waals surface area contributed by atoms with Gasteiger partial charge in [-0.1, -0.05) is 17.7 Å². The van der Waals surface area contributed by atoms with Gasteiger partial charge in [0.1, 0.15) is 11.9 Å². The van der Waals surface area contributed by atoms with Gasteiger partial charge in [0.15, 0.2) is 0 Å². The zero-order valence-electron chi connectivity index (χ0n) is 8.54. The van der Waals surface area contributed by atoms with Crippen molar-refractivity contribution in [2.24, 2.45) is 5.73 Å². The normalized spacial score (nSPS) is 17.1. The molecule has 0 aliphatic heterocycles. The zero-order valence-corrected chi connectivity index (χ0v) is 9.30. The van der Waals surface area contributed by atoms with E-state index in [-0.39, 0.29) is 16.6 Å². The standard InChI is InChI=1S/C11H12ClFN2O/c12-7-2-1-3-8(13)9(7)10(11(14)16)15-6-4-5-6/h1-3,6,10,15H,4-5H2,(H2,14,16). The van der Waals surface area contributed by atoms with E-state index in [1.807, 2.05) is 0 Å². The van der Waals surface area contributed by atoms with E-state index in [2.05, 4.69) is 5.32 Å². The highest BCUT2D eigenvalue weighted by Crippen LogP contribution is 2.29. The number of carbonyl (C=O) groups excluding carboxylic acids is 1. The SMILES string of the molecule is NC(=O)C(NC1CC1)c1c(F)cccc1Cl. The highest BCUT2D eigenvalue weighted by Gasteiger charge is 2.31. The Balaban J connectivity index is 2.33. The molecule has 5 heteroatoms. The van der Waals surface area contributed by atoms with Gasteiger partial charge in [-0.25, -0.2) is 4.39 Å². The van der Waals surface area contributed by atoms with Gasteiger partial charge >= 0.3 is 0 Å². The zero-order chi connectivity index (χ0) is 11.7. The van der Waals surface area contributed by atoms with Gasteiger partial charge < -0.3 is 5.73 Å². The van der Waals surface area contributed by atoms with Gasteiger partial charge in [-0.05, 0) is 25.0 Å². The molecule has 0 bridgehead atoms. The molecule has 2 rings (SSSR count). The summed E-state index contributed by atoms with van der Waals surface area (Å²) in [5, 5.41) is 3.21. The van der Waals surface area contributed by atoms with E-state index in [4.69, 9.17) is 17.3 Å². The molecule has 0 aromatic heterocycles. The van der Waals surface area contributed by atoms with Crippen LogP contribution in [-0.2, 0) is 4.79 Å². The van der Waals surface area contributed by atoms with E-state index in [1.165, 1.54) is 12.1 Å². The molecule has 1 saturated carbocycles. The fraction of sp³-hybridized carbons (Fsp3) is 0.364. The summed E-state index contributed by atoms with van der Waals surface area (Å²) in [5.74, 6) is -1.12. The number of benzene rings is 1. The first-order valence-corrected chi connectivity index (χ1v) is 5.46. The molecule has 0 heterocycles. The molecule has 3 nitrogen and oxygen atoms in total. The molecule has 1 amide bonds. The Kier molecular flexibility index (Phi) is 3.12. The molecular formula is C11H12ClFN2O. The molecule has 1 aliphatic rings. The van der Waals surface area contributed by atoms with Crippen molar-refractivity contribution in [1.82, 2.24) is 5.32 Å². The largest absolute Gasteiger partial charge is 0.368 e. The van der Waals surface area contributed by atoms with Crippen molar-refractivity contribution in [3.63, 3.8) is 0 Å². The second-order valence-corrected chi connectivity index (χ2v) is 4.32. The Morgan fingerprint density at radius 3 is 2.75 bits per heavy atom. The quantitative estimate of drug-likeness (QED) is 0.845. The number of hydrogen-bond acceptors (Lipinski definition) is 2. The Labute approximate surface area is 97.8 Å². The first-order chi connectivity index (χ1) is 7.59. The van der Waals surface area contributed by atoms with E-state index in [0.29, 0.717) is 0 Å². The molecule has 3 N–H and O–H groups in total. The lowest BCUT2D eigenvalue weighted by molar-refractivity contribution is -0.120. The summed E-state index contributed by atoms with van der Waals surface area (Å²) in [6.07, 6.45) is 1.96. The molecule has 86 valence electrons. The lowest BCUT2D eigenvalue weighted by Crippen LogP contribution is -2.35. The van der Waals surface area contributed by atoms with Crippen LogP contribution in [0.2, 0.25) is 5.02 Å². The van der Waals surface area contributed by atoms with Crippen LogP contribution in [-0.4, -0.2) is 11.9 Å². The molecule has 1 unspecified atom stereocenters. The number of primary amides is 1. The summed E-state index contributed by atoms with van der Waals surface area (Å²) in [6.45, 7) is 0. The van der Waals surface area contributed by atoms with Crippen molar-refractivity contribution < 1.29 is 9.18 Å². The third-order valence-corrected chi connectivity index (χ3v) is 2.88. The molecular weight excluding hydrogens is 231 g/mol. The minimum Gasteiger partial charge on any atom is -0.368 e. The van der Waals surface area contributed by atoms with Crippen LogP contribution in [0.4, 0.5) is 4.39 Å². The highest BCUT2D eigenvalue weighted by molar-refractivity contribution is 6.31. The topological polar surface area (TPSA) is 55.1 Å². The van der Waals surface area contributed by atoms with Crippen LogP contribution in [0.3, 0.4) is 0 Å². The monoisotopic (exact) mass is 242 g/mol. The molecule has 0 saturated heterocycles. The van der Waals surface area contributed by atoms with Crippen molar-refractivity contribution >= 4 is 17.5 Å². The smallest absolute Gasteiger partial charge is 0.239 e. The van der Waals surface area contributed by atoms with Gasteiger partial charge in [-0.2, -0.15) is 0 Å². The lowest BCUT2D eigenvalue weighted by atomic mass is 10.1. The summed E-state index contributed by atoms with van der Waals surface area (Å²) in [6, 6.07) is 3.71. The number of nitrogens with two attached hydrogens (primary N) is 1. The van der Waals surface area contributed by atoms with Crippen LogP contribution in [0.25, 0.3) is 0 Å². The second-order valence-electron chi connectivity index (χ2n) is 3.91. The Hall–Kier alpha value is -1.13. The van der Waals surface area contributed by atoms with E-state index < -0.39 is 17.8 Å². The van der Waals surface area contributed by atoms with Crippen molar-refractivity contribution in [3.8, 4) is 0 Å². The first-order valence-electron chi connectivity index (χ1n) is 5.09. The lowest BCUT2D eigenvalue weighted by Gasteiger charge is -2.17. The van der Waals surface area contributed by atoms with Crippen LogP contribution in [0.1, 0.15) is 24.4 Å². The van der Waals surface area contributed by atoms with Gasteiger partial charge in [-0.3, -0.25) is 10.1 Å². The van der Waals surface area contributed by atoms with E-state index in [1.54, 1.807) is 6.07 Å². The minimum absolute atomic E-state index is 0.142. The Morgan fingerprint density at radius 2 is 2.25 bits per heavy atom. The number of nitrogens with one attached hydrogen (secondary N) is 1. The highest BCUT2D eigenvalue weighted by atomic mass is 35.5. The third kappa shape index (κ3) is 2.33. The number of hydrogen-bond donors (Lipinski definition) is 2. The van der Waals surface area contributed by atoms with Crippen LogP contribution in [0.5, 0.6) is 0 Å². The number of amides is 1. The predicted octanol–water partition coefficient (Wildman–Crippen LogP) is 1.76. The van der Waals surface area contributed by atoms with Gasteiger partial charge in [0.2, 0.25) is 5.91 Å². The molecule has 1 aliphatic carbocycles. The minimum atomic E-state index is -0.846. The first kappa shape index (κ1) is 11.4. The van der Waals surface area contributed by atoms with Crippen molar-refractivity contribution in [1.29, 1.82) is 0 Å². The van der Waals surface area contributed by atoms with Crippen molar-refractivity contribution in [2.45, 2.75) is 24.9 Å². The van der Waals surface area contributed by atoms with Crippen LogP contribution >= 0.6 is 11.6 Å². The maximum absolute atomic E-state index is 13.6. The fourth-order valence-corrected chi connectivity index (χ4v) is 1.85. The molecule has 1 aromatic carbocycles. The fourth-order valence-electron chi connectivity index (χ4n) is 1.58. The third-order valence-electron chi connectivity index (χ3n) is 2.55. The second kappa shape index (κ2) is 4.39. The Morgan fingerprint density at radius 1 is 1.56 bits per heavy atom. The maximum atomic E-state index is 13.6. The summed E-state index contributed by atoms with van der Waals surface area (Å²) in [5.41, 5.74) is 5.40. The van der Waals surface area contributed by atoms with Gasteiger partial charge in [0, 0.05) is 16.6 Å². The average Bonchev–Trinajstić information content (AvgIpc) is 2.99. The predicted molar refractivity (Wildman–Crippen MR) is 59.5 cm³/mol. The molecule has 1 fully saturated rings. The summed E-state index contributed by atoms with van der Waals surface area (Å²) in [7, 11) is 0. The van der Waals surface area contributed by atoms with Gasteiger partial charge in [-0.15, -0.1) is 0 Å². The summed E-state index contributed by atoms with van der Waals surface area (Å²) in [4.78, 5) is 11.3. The molecule has 1 aromatic rings. The van der Waals surface area contributed by atoms with Gasteiger partial charge in [0.05, 0.1) is 0 Å². The Bertz CT molecular complexity index is 400. The van der Waals surface area contributed by atoms with Crippen molar-refractivity contribution in [3.05, 3.63) is 34.6 Å². The number of rotatable bonds is 4. The van der Waals surface area contributed by atoms with E-state index >= 15 is 0 Å². The van der Waals surface area contributed by atoms with Crippen LogP contribution < -0.4 is 11.1 Å². The van der Waals surface area contributed by atoms with Crippen molar-refractivity contribution in [2.75, 3.05) is 0 Å². The maximum Gasteiger partial charge on any atom is 0.239 e. The van der Waals surface area contributed by atoms with E-state index in [9.17, 15) is 9.18 Å². The number of halogens is 2. The summed E-state index contributed by atoms with van der Waals surface area (Å²) < 4.78 is 13.6. The molecule has 0 spiro atoms. The molecule has 1 atom stereocenters.